The highest BCUT2D eigenvalue weighted by Crippen LogP contribution is 2.30. The molecule has 2 heterocycles. The molecule has 1 aromatic carbocycles. The van der Waals surface area contributed by atoms with E-state index in [9.17, 15) is 9.59 Å². The van der Waals surface area contributed by atoms with E-state index in [1.165, 1.54) is 13.3 Å². The molecule has 3 rings (SSSR count). The van der Waals surface area contributed by atoms with Gasteiger partial charge in [0.1, 0.15) is 5.75 Å². The first-order valence-electron chi connectivity index (χ1n) is 9.90. The van der Waals surface area contributed by atoms with E-state index in [1.54, 1.807) is 36.5 Å². The summed E-state index contributed by atoms with van der Waals surface area (Å²) < 4.78 is 10.7. The van der Waals surface area contributed by atoms with Crippen LogP contribution >= 0.6 is 0 Å². The molecule has 7 heteroatoms. The first-order valence-corrected chi connectivity index (χ1v) is 9.90. The minimum absolute atomic E-state index is 0.00707. The lowest BCUT2D eigenvalue weighted by atomic mass is 10.0. The third kappa shape index (κ3) is 5.85. The molecular formula is C22H27N3O4. The van der Waals surface area contributed by atoms with E-state index >= 15 is 0 Å². The molecule has 29 heavy (non-hydrogen) atoms. The summed E-state index contributed by atoms with van der Waals surface area (Å²) in [7, 11) is 1.52. The number of Topliss-reactive ketones (excluding diaryl/α,β-unsaturated/α-hetero) is 1. The molecule has 1 saturated heterocycles. The molecule has 0 bridgehead atoms. The number of aromatic nitrogens is 1. The molecule has 1 aromatic heterocycles. The number of ketones is 1. The van der Waals surface area contributed by atoms with Gasteiger partial charge in [0.25, 0.3) is 5.91 Å². The van der Waals surface area contributed by atoms with E-state index in [1.807, 2.05) is 0 Å². The monoisotopic (exact) mass is 397 g/mol. The fraction of sp³-hybridized carbons (Fsp3) is 0.409. The van der Waals surface area contributed by atoms with Gasteiger partial charge in [0.2, 0.25) is 0 Å². The van der Waals surface area contributed by atoms with Crippen molar-refractivity contribution in [1.29, 1.82) is 0 Å². The van der Waals surface area contributed by atoms with Gasteiger partial charge in [0.15, 0.2) is 5.78 Å². The number of hydrogen-bond acceptors (Lipinski definition) is 6. The van der Waals surface area contributed by atoms with Crippen LogP contribution in [0.1, 0.15) is 40.0 Å². The molecule has 1 aliphatic heterocycles. The van der Waals surface area contributed by atoms with Crippen molar-refractivity contribution in [2.45, 2.75) is 19.3 Å². The van der Waals surface area contributed by atoms with Crippen molar-refractivity contribution in [2.75, 3.05) is 45.3 Å². The predicted molar refractivity (Wildman–Crippen MR) is 111 cm³/mol. The van der Waals surface area contributed by atoms with Gasteiger partial charge in [0, 0.05) is 37.5 Å². The Morgan fingerprint density at radius 1 is 1.17 bits per heavy atom. The van der Waals surface area contributed by atoms with Gasteiger partial charge in [0.05, 0.1) is 31.6 Å². The number of benzene rings is 1. The summed E-state index contributed by atoms with van der Waals surface area (Å²) in [5.41, 5.74) is 1.29. The lowest BCUT2D eigenvalue weighted by Crippen LogP contribution is -2.36. The zero-order valence-corrected chi connectivity index (χ0v) is 16.7. The minimum atomic E-state index is -0.330. The molecule has 2 aromatic rings. The molecule has 0 spiro atoms. The molecule has 0 radical (unpaired) electrons. The molecule has 1 aliphatic rings. The van der Waals surface area contributed by atoms with Crippen molar-refractivity contribution in [2.24, 2.45) is 0 Å². The summed E-state index contributed by atoms with van der Waals surface area (Å²) >= 11 is 0. The summed E-state index contributed by atoms with van der Waals surface area (Å²) in [6.45, 7) is 4.44. The van der Waals surface area contributed by atoms with Crippen molar-refractivity contribution >= 4 is 17.4 Å². The highest BCUT2D eigenvalue weighted by atomic mass is 16.5. The van der Waals surface area contributed by atoms with Crippen LogP contribution in [0.3, 0.4) is 0 Å². The van der Waals surface area contributed by atoms with Crippen LogP contribution in [0.4, 0.5) is 5.69 Å². The van der Waals surface area contributed by atoms with Crippen molar-refractivity contribution in [3.8, 4) is 5.75 Å². The SMILES string of the molecule is COc1cccc(C(=O)CCCCN2CCOCC2)c1NC(=O)c1cccnc1. The van der Waals surface area contributed by atoms with Gasteiger partial charge in [-0.15, -0.1) is 0 Å². The number of nitrogens with zero attached hydrogens (tertiary/aromatic N) is 2. The Kier molecular flexibility index (Phi) is 7.72. The maximum atomic E-state index is 12.8. The Morgan fingerprint density at radius 3 is 2.72 bits per heavy atom. The van der Waals surface area contributed by atoms with Crippen LogP contribution in [0.5, 0.6) is 5.75 Å². The van der Waals surface area contributed by atoms with Crippen LogP contribution in [0, 0.1) is 0 Å². The molecule has 0 unspecified atom stereocenters. The van der Waals surface area contributed by atoms with Crippen LogP contribution in [-0.2, 0) is 4.74 Å². The van der Waals surface area contributed by atoms with E-state index in [2.05, 4.69) is 15.2 Å². The van der Waals surface area contributed by atoms with Gasteiger partial charge >= 0.3 is 0 Å². The number of anilines is 1. The maximum absolute atomic E-state index is 12.8. The minimum Gasteiger partial charge on any atom is -0.495 e. The fourth-order valence-electron chi connectivity index (χ4n) is 3.33. The lowest BCUT2D eigenvalue weighted by Gasteiger charge is -2.26. The molecule has 0 aliphatic carbocycles. The summed E-state index contributed by atoms with van der Waals surface area (Å²) in [5.74, 6) is 0.123. The predicted octanol–water partition coefficient (Wildman–Crippen LogP) is 3.03. The first kappa shape index (κ1) is 21.0. The summed E-state index contributed by atoms with van der Waals surface area (Å²) in [6, 6.07) is 8.59. The highest BCUT2D eigenvalue weighted by molar-refractivity contribution is 6.10. The van der Waals surface area contributed by atoms with Gasteiger partial charge < -0.3 is 14.8 Å². The number of carbonyl (C=O) groups is 2. The number of hydrogen-bond donors (Lipinski definition) is 1. The van der Waals surface area contributed by atoms with E-state index in [-0.39, 0.29) is 11.7 Å². The molecule has 1 fully saturated rings. The third-order valence-corrected chi connectivity index (χ3v) is 4.94. The van der Waals surface area contributed by atoms with Crippen LogP contribution < -0.4 is 10.1 Å². The van der Waals surface area contributed by atoms with E-state index in [0.717, 1.165) is 45.7 Å². The van der Waals surface area contributed by atoms with Crippen molar-refractivity contribution < 1.29 is 19.1 Å². The Balaban J connectivity index is 1.63. The quantitative estimate of drug-likeness (QED) is 0.517. The zero-order valence-electron chi connectivity index (χ0n) is 16.7. The second-order valence-corrected chi connectivity index (χ2v) is 6.91. The molecule has 1 N–H and O–H groups in total. The van der Waals surface area contributed by atoms with Crippen LogP contribution in [0.25, 0.3) is 0 Å². The average Bonchev–Trinajstić information content (AvgIpc) is 2.78. The zero-order chi connectivity index (χ0) is 20.5. The number of ether oxygens (including phenoxy) is 2. The normalized spacial score (nSPS) is 14.4. The van der Waals surface area contributed by atoms with E-state index < -0.39 is 0 Å². The largest absolute Gasteiger partial charge is 0.495 e. The number of amides is 1. The number of nitrogens with one attached hydrogen (secondary N) is 1. The number of para-hydroxylation sites is 1. The Morgan fingerprint density at radius 2 is 2.00 bits per heavy atom. The van der Waals surface area contributed by atoms with Crippen LogP contribution in [0.15, 0.2) is 42.7 Å². The smallest absolute Gasteiger partial charge is 0.257 e. The van der Waals surface area contributed by atoms with Crippen LogP contribution in [-0.4, -0.2) is 61.5 Å². The van der Waals surface area contributed by atoms with Crippen LogP contribution in [0.2, 0.25) is 0 Å². The summed E-state index contributed by atoms with van der Waals surface area (Å²) in [6.07, 6.45) is 5.26. The number of morpholine rings is 1. The van der Waals surface area contributed by atoms with Gasteiger partial charge in [-0.3, -0.25) is 19.5 Å². The van der Waals surface area contributed by atoms with Crippen molar-refractivity contribution in [3.05, 3.63) is 53.9 Å². The molecule has 0 atom stereocenters. The number of methoxy groups -OCH3 is 1. The number of carbonyl (C=O) groups excluding carboxylic acids is 2. The van der Waals surface area contributed by atoms with Gasteiger partial charge in [-0.1, -0.05) is 6.07 Å². The van der Waals surface area contributed by atoms with Crippen molar-refractivity contribution in [3.63, 3.8) is 0 Å². The summed E-state index contributed by atoms with van der Waals surface area (Å²) in [5, 5.41) is 2.82. The second-order valence-electron chi connectivity index (χ2n) is 6.91. The van der Waals surface area contributed by atoms with E-state index in [0.29, 0.717) is 29.0 Å². The fourth-order valence-corrected chi connectivity index (χ4v) is 3.33. The highest BCUT2D eigenvalue weighted by Gasteiger charge is 2.18. The number of pyridine rings is 1. The number of unbranched alkanes of at least 4 members (excludes halogenated alkanes) is 1. The Bertz CT molecular complexity index is 820. The van der Waals surface area contributed by atoms with Gasteiger partial charge in [-0.2, -0.15) is 0 Å². The molecule has 1 amide bonds. The topological polar surface area (TPSA) is 80.8 Å². The van der Waals surface area contributed by atoms with Gasteiger partial charge in [-0.25, -0.2) is 0 Å². The Hall–Kier alpha value is -2.77. The summed E-state index contributed by atoms with van der Waals surface area (Å²) in [4.78, 5) is 31.7. The van der Waals surface area contributed by atoms with E-state index in [4.69, 9.17) is 9.47 Å². The lowest BCUT2D eigenvalue weighted by molar-refractivity contribution is 0.0371. The average molecular weight is 397 g/mol. The first-order chi connectivity index (χ1) is 14.2. The van der Waals surface area contributed by atoms with Gasteiger partial charge in [-0.05, 0) is 43.7 Å². The molecular weight excluding hydrogens is 370 g/mol. The maximum Gasteiger partial charge on any atom is 0.257 e. The molecule has 7 nitrogen and oxygen atoms in total. The second kappa shape index (κ2) is 10.7. The molecule has 0 saturated carbocycles. The number of rotatable bonds is 9. The van der Waals surface area contributed by atoms with Crippen molar-refractivity contribution in [1.82, 2.24) is 9.88 Å². The third-order valence-electron chi connectivity index (χ3n) is 4.94. The standard InChI is InChI=1S/C22H27N3O4/c1-28-20-9-4-7-18(21(20)24-22(27)17-6-5-10-23-16-17)19(26)8-2-3-11-25-12-14-29-15-13-25/h4-7,9-10,16H,2-3,8,11-15H2,1H3,(H,24,27). The Labute approximate surface area is 171 Å². The molecule has 154 valence electrons.